The van der Waals surface area contributed by atoms with E-state index in [-0.39, 0.29) is 16.8 Å². The molecule has 0 heterocycles. The molecule has 0 bridgehead atoms. The minimum atomic E-state index is -0.645. The Labute approximate surface area is 119 Å². The number of halogens is 1. The maximum Gasteiger partial charge on any atom is 0.344 e. The minimum absolute atomic E-state index is 0.115. The first-order chi connectivity index (χ1) is 9.49. The molecule has 0 amide bonds. The highest BCUT2D eigenvalue weighted by atomic mass is 35.5. The average Bonchev–Trinajstić information content (AvgIpc) is 2.41. The van der Waals surface area contributed by atoms with Gasteiger partial charge in [0.05, 0.1) is 10.5 Å². The molecule has 0 atom stereocenters. The number of rotatable bonds is 3. The highest BCUT2D eigenvalue weighted by Crippen LogP contribution is 2.23. The van der Waals surface area contributed by atoms with Crippen LogP contribution in [0.25, 0.3) is 0 Å². The standard InChI is InChI=1S/C14H10ClNO4/c1-9-12(3-2-4-13(9)16(18)19)14(17)20-11-7-5-10(15)6-8-11/h2-8H,1H3. The first-order valence-electron chi connectivity index (χ1n) is 5.71. The van der Waals surface area contributed by atoms with Crippen LogP contribution in [-0.2, 0) is 0 Å². The summed E-state index contributed by atoms with van der Waals surface area (Å²) in [4.78, 5) is 22.3. The molecular weight excluding hydrogens is 282 g/mol. The van der Waals surface area contributed by atoms with Crippen molar-refractivity contribution in [2.75, 3.05) is 0 Å². The predicted octanol–water partition coefficient (Wildman–Crippen LogP) is 3.78. The highest BCUT2D eigenvalue weighted by molar-refractivity contribution is 6.30. The number of esters is 1. The van der Waals surface area contributed by atoms with Gasteiger partial charge in [-0.3, -0.25) is 10.1 Å². The van der Waals surface area contributed by atoms with Gasteiger partial charge in [-0.15, -0.1) is 0 Å². The third-order valence-corrected chi connectivity index (χ3v) is 3.00. The van der Waals surface area contributed by atoms with Gasteiger partial charge >= 0.3 is 5.97 Å². The summed E-state index contributed by atoms with van der Waals surface area (Å²) in [6, 6.07) is 10.5. The molecule has 0 N–H and O–H groups in total. The fourth-order valence-corrected chi connectivity index (χ4v) is 1.83. The molecular formula is C14H10ClNO4. The Balaban J connectivity index is 2.28. The van der Waals surface area contributed by atoms with Crippen molar-refractivity contribution in [2.45, 2.75) is 6.92 Å². The molecule has 2 rings (SSSR count). The van der Waals surface area contributed by atoms with E-state index >= 15 is 0 Å². The number of nitrogens with zero attached hydrogens (tertiary/aromatic N) is 1. The van der Waals surface area contributed by atoms with Gasteiger partial charge < -0.3 is 4.74 Å². The number of hydrogen-bond acceptors (Lipinski definition) is 4. The first-order valence-corrected chi connectivity index (χ1v) is 6.08. The molecule has 0 fully saturated rings. The van der Waals surface area contributed by atoms with E-state index in [1.807, 2.05) is 0 Å². The van der Waals surface area contributed by atoms with Crippen molar-refractivity contribution in [1.29, 1.82) is 0 Å². The fraction of sp³-hybridized carbons (Fsp3) is 0.0714. The fourth-order valence-electron chi connectivity index (χ4n) is 1.71. The van der Waals surface area contributed by atoms with Crippen LogP contribution in [0.3, 0.4) is 0 Å². The number of carbonyl (C=O) groups excluding carboxylic acids is 1. The summed E-state index contributed by atoms with van der Waals surface area (Å²) >= 11 is 5.73. The van der Waals surface area contributed by atoms with Crippen molar-refractivity contribution >= 4 is 23.3 Å². The minimum Gasteiger partial charge on any atom is -0.423 e. The molecule has 0 aliphatic heterocycles. The quantitative estimate of drug-likeness (QED) is 0.373. The van der Waals surface area contributed by atoms with E-state index in [1.165, 1.54) is 25.1 Å². The summed E-state index contributed by atoms with van der Waals surface area (Å²) in [5.74, 6) is -0.321. The van der Waals surface area contributed by atoms with Crippen LogP contribution < -0.4 is 4.74 Å². The van der Waals surface area contributed by atoms with Crippen LogP contribution in [0.15, 0.2) is 42.5 Å². The predicted molar refractivity (Wildman–Crippen MR) is 74.2 cm³/mol. The van der Waals surface area contributed by atoms with Crippen molar-refractivity contribution in [3.05, 3.63) is 68.7 Å². The Morgan fingerprint density at radius 2 is 1.85 bits per heavy atom. The lowest BCUT2D eigenvalue weighted by molar-refractivity contribution is -0.385. The lowest BCUT2D eigenvalue weighted by Gasteiger charge is -2.07. The first kappa shape index (κ1) is 14.0. The van der Waals surface area contributed by atoms with Crippen molar-refractivity contribution < 1.29 is 14.5 Å². The second kappa shape index (κ2) is 5.71. The van der Waals surface area contributed by atoms with Gasteiger partial charge in [-0.1, -0.05) is 17.7 Å². The number of hydrogen-bond donors (Lipinski definition) is 0. The lowest BCUT2D eigenvalue weighted by atomic mass is 10.1. The number of nitro benzene ring substituents is 1. The Hall–Kier alpha value is -2.40. The van der Waals surface area contributed by atoms with Crippen LogP contribution in [-0.4, -0.2) is 10.9 Å². The summed E-state index contributed by atoms with van der Waals surface area (Å²) in [6.45, 7) is 1.51. The number of benzene rings is 2. The molecule has 0 saturated carbocycles. The maximum atomic E-state index is 12.0. The van der Waals surface area contributed by atoms with Crippen molar-refractivity contribution in [1.82, 2.24) is 0 Å². The topological polar surface area (TPSA) is 69.4 Å². The highest BCUT2D eigenvalue weighted by Gasteiger charge is 2.19. The van der Waals surface area contributed by atoms with Crippen LogP contribution in [0.1, 0.15) is 15.9 Å². The van der Waals surface area contributed by atoms with Gasteiger partial charge in [0.25, 0.3) is 5.69 Å². The number of ether oxygens (including phenoxy) is 1. The van der Waals surface area contributed by atoms with Crippen molar-refractivity contribution in [2.24, 2.45) is 0 Å². The van der Waals surface area contributed by atoms with Gasteiger partial charge in [0.2, 0.25) is 0 Å². The smallest absolute Gasteiger partial charge is 0.344 e. The van der Waals surface area contributed by atoms with Crippen molar-refractivity contribution in [3.63, 3.8) is 0 Å². The number of carbonyl (C=O) groups is 1. The van der Waals surface area contributed by atoms with Crippen LogP contribution >= 0.6 is 11.6 Å². The second-order valence-electron chi connectivity index (χ2n) is 4.05. The largest absolute Gasteiger partial charge is 0.423 e. The number of nitro groups is 1. The Kier molecular flexibility index (Phi) is 4.00. The van der Waals surface area contributed by atoms with Gasteiger partial charge in [-0.05, 0) is 37.3 Å². The SMILES string of the molecule is Cc1c(C(=O)Oc2ccc(Cl)cc2)cccc1[N+](=O)[O-]. The van der Waals surface area contributed by atoms with Gasteiger partial charge in [-0.2, -0.15) is 0 Å². The molecule has 102 valence electrons. The molecule has 5 nitrogen and oxygen atoms in total. The van der Waals surface area contributed by atoms with Gasteiger partial charge in [-0.25, -0.2) is 4.79 Å². The molecule has 0 saturated heterocycles. The third-order valence-electron chi connectivity index (χ3n) is 2.75. The average molecular weight is 292 g/mol. The van der Waals surface area contributed by atoms with Crippen LogP contribution in [0.4, 0.5) is 5.69 Å². The Morgan fingerprint density at radius 1 is 1.20 bits per heavy atom. The monoisotopic (exact) mass is 291 g/mol. The second-order valence-corrected chi connectivity index (χ2v) is 4.49. The molecule has 0 aliphatic rings. The van der Waals surface area contributed by atoms with E-state index in [2.05, 4.69) is 0 Å². The molecule has 0 aliphatic carbocycles. The van der Waals surface area contributed by atoms with Gasteiger partial charge in [0.1, 0.15) is 5.75 Å². The van der Waals surface area contributed by atoms with E-state index in [1.54, 1.807) is 24.3 Å². The molecule has 0 spiro atoms. The van der Waals surface area contributed by atoms with E-state index in [4.69, 9.17) is 16.3 Å². The summed E-state index contributed by atoms with van der Waals surface area (Å²) in [7, 11) is 0. The van der Waals surface area contributed by atoms with Gasteiger partial charge in [0, 0.05) is 16.7 Å². The van der Waals surface area contributed by atoms with E-state index in [0.29, 0.717) is 10.8 Å². The third kappa shape index (κ3) is 2.95. The van der Waals surface area contributed by atoms with E-state index in [9.17, 15) is 14.9 Å². The summed E-state index contributed by atoms with van der Waals surface area (Å²) in [6.07, 6.45) is 0. The van der Waals surface area contributed by atoms with E-state index < -0.39 is 10.9 Å². The molecule has 20 heavy (non-hydrogen) atoms. The zero-order valence-corrected chi connectivity index (χ0v) is 11.3. The van der Waals surface area contributed by atoms with Crippen LogP contribution in [0.2, 0.25) is 5.02 Å². The van der Waals surface area contributed by atoms with E-state index in [0.717, 1.165) is 0 Å². The zero-order chi connectivity index (χ0) is 14.7. The molecule has 6 heteroatoms. The van der Waals surface area contributed by atoms with Gasteiger partial charge in [0.15, 0.2) is 0 Å². The normalized spacial score (nSPS) is 10.1. The molecule has 0 aromatic heterocycles. The Morgan fingerprint density at radius 3 is 2.45 bits per heavy atom. The van der Waals surface area contributed by atoms with Crippen molar-refractivity contribution in [3.8, 4) is 5.75 Å². The summed E-state index contributed by atoms with van der Waals surface area (Å²) in [5.41, 5.74) is 0.321. The molecule has 0 radical (unpaired) electrons. The molecule has 2 aromatic rings. The zero-order valence-electron chi connectivity index (χ0n) is 10.5. The molecule has 0 unspecified atom stereocenters. The van der Waals surface area contributed by atoms with Crippen LogP contribution in [0, 0.1) is 17.0 Å². The maximum absolute atomic E-state index is 12.0. The summed E-state index contributed by atoms with van der Waals surface area (Å²) in [5, 5.41) is 11.4. The summed E-state index contributed by atoms with van der Waals surface area (Å²) < 4.78 is 5.15. The Bertz CT molecular complexity index is 667. The lowest BCUT2D eigenvalue weighted by Crippen LogP contribution is -2.11. The van der Waals surface area contributed by atoms with Crippen LogP contribution in [0.5, 0.6) is 5.75 Å². The molecule has 2 aromatic carbocycles.